The highest BCUT2D eigenvalue weighted by Gasteiger charge is 2.20. The van der Waals surface area contributed by atoms with E-state index in [4.69, 9.17) is 9.47 Å². The molecule has 1 aliphatic heterocycles. The number of ether oxygens (including phenoxy) is 2. The maximum absolute atomic E-state index is 6.08. The molecule has 0 atom stereocenters. The average molecular weight is 397 g/mol. The van der Waals surface area contributed by atoms with Gasteiger partial charge in [-0.2, -0.15) is 0 Å². The van der Waals surface area contributed by atoms with Crippen molar-refractivity contribution in [1.82, 2.24) is 14.8 Å². The molecule has 0 spiro atoms. The van der Waals surface area contributed by atoms with Gasteiger partial charge in [-0.3, -0.25) is 4.57 Å². The van der Waals surface area contributed by atoms with Crippen LogP contribution in [-0.4, -0.2) is 41.1 Å². The van der Waals surface area contributed by atoms with Gasteiger partial charge < -0.3 is 14.4 Å². The topological polar surface area (TPSA) is 52.4 Å². The van der Waals surface area contributed by atoms with Crippen molar-refractivity contribution < 1.29 is 9.47 Å². The molecule has 3 aromatic rings. The van der Waals surface area contributed by atoms with Crippen molar-refractivity contribution >= 4 is 17.7 Å². The number of benzene rings is 2. The van der Waals surface area contributed by atoms with Gasteiger partial charge in [-0.25, -0.2) is 0 Å². The number of para-hydroxylation sites is 2. The van der Waals surface area contributed by atoms with Crippen molar-refractivity contribution in [1.29, 1.82) is 0 Å². The summed E-state index contributed by atoms with van der Waals surface area (Å²) < 4.78 is 13.7. The van der Waals surface area contributed by atoms with E-state index in [1.165, 1.54) is 0 Å². The standard InChI is InChI=1S/C21H24N4O2S/c1-2-25-20(24-12-14-26-15-13-24)22-23-21(25)28-16-17-8-6-7-11-19(17)27-18-9-4-3-5-10-18/h3-11H,2,12-16H2,1H3. The second-order valence-electron chi connectivity index (χ2n) is 6.44. The van der Waals surface area contributed by atoms with Gasteiger partial charge in [0.05, 0.1) is 13.2 Å². The van der Waals surface area contributed by atoms with Crippen LogP contribution in [0.3, 0.4) is 0 Å². The van der Waals surface area contributed by atoms with Gasteiger partial charge in [0.15, 0.2) is 5.16 Å². The molecule has 2 heterocycles. The Bertz CT molecular complexity index is 894. The minimum Gasteiger partial charge on any atom is -0.457 e. The molecule has 1 aromatic heterocycles. The molecule has 146 valence electrons. The summed E-state index contributed by atoms with van der Waals surface area (Å²) in [7, 11) is 0. The van der Waals surface area contributed by atoms with E-state index in [-0.39, 0.29) is 0 Å². The van der Waals surface area contributed by atoms with Crippen LogP contribution in [0.4, 0.5) is 5.95 Å². The molecule has 4 rings (SSSR count). The minimum atomic E-state index is 0.739. The summed E-state index contributed by atoms with van der Waals surface area (Å²) >= 11 is 1.69. The molecule has 0 radical (unpaired) electrons. The Morgan fingerprint density at radius 3 is 2.54 bits per heavy atom. The van der Waals surface area contributed by atoms with Crippen LogP contribution in [0.2, 0.25) is 0 Å². The van der Waals surface area contributed by atoms with Gasteiger partial charge in [-0.05, 0) is 25.1 Å². The summed E-state index contributed by atoms with van der Waals surface area (Å²) in [4.78, 5) is 2.25. The Morgan fingerprint density at radius 2 is 1.75 bits per heavy atom. The second-order valence-corrected chi connectivity index (χ2v) is 7.38. The van der Waals surface area contributed by atoms with E-state index < -0.39 is 0 Å². The predicted molar refractivity (Wildman–Crippen MR) is 111 cm³/mol. The van der Waals surface area contributed by atoms with Crippen LogP contribution < -0.4 is 9.64 Å². The normalized spacial score (nSPS) is 14.2. The lowest BCUT2D eigenvalue weighted by Gasteiger charge is -2.27. The van der Waals surface area contributed by atoms with Crippen LogP contribution in [0.5, 0.6) is 11.5 Å². The summed E-state index contributed by atoms with van der Waals surface area (Å²) in [6, 6.07) is 18.0. The van der Waals surface area contributed by atoms with Gasteiger partial charge in [0.25, 0.3) is 0 Å². The van der Waals surface area contributed by atoms with Gasteiger partial charge >= 0.3 is 0 Å². The third kappa shape index (κ3) is 4.31. The van der Waals surface area contributed by atoms with Crippen molar-refractivity contribution in [2.45, 2.75) is 24.4 Å². The number of nitrogens with zero attached hydrogens (tertiary/aromatic N) is 4. The zero-order chi connectivity index (χ0) is 19.2. The Hall–Kier alpha value is -2.51. The summed E-state index contributed by atoms with van der Waals surface area (Å²) in [5, 5.41) is 9.82. The molecular weight excluding hydrogens is 372 g/mol. The molecule has 28 heavy (non-hydrogen) atoms. The van der Waals surface area contributed by atoms with Gasteiger partial charge in [0.2, 0.25) is 5.95 Å². The van der Waals surface area contributed by atoms with Crippen LogP contribution in [0, 0.1) is 0 Å². The fourth-order valence-corrected chi connectivity index (χ4v) is 4.13. The smallest absolute Gasteiger partial charge is 0.228 e. The molecule has 7 heteroatoms. The lowest BCUT2D eigenvalue weighted by atomic mass is 10.2. The number of anilines is 1. The van der Waals surface area contributed by atoms with E-state index in [0.29, 0.717) is 0 Å². The molecule has 0 unspecified atom stereocenters. The maximum atomic E-state index is 6.08. The number of rotatable bonds is 7. The van der Waals surface area contributed by atoms with Crippen LogP contribution in [0.25, 0.3) is 0 Å². The molecule has 1 fully saturated rings. The molecule has 2 aromatic carbocycles. The maximum Gasteiger partial charge on any atom is 0.228 e. The molecule has 6 nitrogen and oxygen atoms in total. The first-order chi connectivity index (χ1) is 13.8. The Balaban J connectivity index is 1.48. The highest BCUT2D eigenvalue weighted by Crippen LogP contribution is 2.31. The molecule has 0 aliphatic carbocycles. The van der Waals surface area contributed by atoms with E-state index >= 15 is 0 Å². The van der Waals surface area contributed by atoms with Gasteiger partial charge in [-0.1, -0.05) is 48.2 Å². The fraction of sp³-hybridized carbons (Fsp3) is 0.333. The molecule has 1 saturated heterocycles. The van der Waals surface area contributed by atoms with Crippen molar-refractivity contribution in [2.24, 2.45) is 0 Å². The van der Waals surface area contributed by atoms with Crippen LogP contribution in [0.15, 0.2) is 59.8 Å². The van der Waals surface area contributed by atoms with Gasteiger partial charge in [-0.15, -0.1) is 10.2 Å². The summed E-state index contributed by atoms with van der Waals surface area (Å²) in [6.45, 7) is 6.16. The van der Waals surface area contributed by atoms with Crippen LogP contribution >= 0.6 is 11.8 Å². The Labute approximate surface area is 169 Å². The van der Waals surface area contributed by atoms with E-state index in [0.717, 1.165) is 66.8 Å². The Kier molecular flexibility index (Phi) is 6.14. The quantitative estimate of drug-likeness (QED) is 0.558. The molecule has 1 aliphatic rings. The first-order valence-electron chi connectivity index (χ1n) is 9.54. The number of hydrogen-bond acceptors (Lipinski definition) is 6. The predicted octanol–water partition coefficient (Wildman–Crippen LogP) is 4.22. The van der Waals surface area contributed by atoms with Crippen molar-refractivity contribution in [3.05, 3.63) is 60.2 Å². The zero-order valence-corrected chi connectivity index (χ0v) is 16.8. The molecule has 0 amide bonds. The fourth-order valence-electron chi connectivity index (χ4n) is 3.14. The highest BCUT2D eigenvalue weighted by molar-refractivity contribution is 7.98. The third-order valence-electron chi connectivity index (χ3n) is 4.61. The lowest BCUT2D eigenvalue weighted by molar-refractivity contribution is 0.121. The SMILES string of the molecule is CCn1c(SCc2ccccc2Oc2ccccc2)nnc1N1CCOCC1. The summed E-state index contributed by atoms with van der Waals surface area (Å²) in [6.07, 6.45) is 0. The van der Waals surface area contributed by atoms with E-state index in [2.05, 4.69) is 32.7 Å². The van der Waals surface area contributed by atoms with Crippen LogP contribution in [0.1, 0.15) is 12.5 Å². The molecule has 0 saturated carbocycles. The van der Waals surface area contributed by atoms with Gasteiger partial charge in [0.1, 0.15) is 11.5 Å². The van der Waals surface area contributed by atoms with Gasteiger partial charge in [0, 0.05) is 31.0 Å². The molecular formula is C21H24N4O2S. The van der Waals surface area contributed by atoms with Crippen molar-refractivity contribution in [3.8, 4) is 11.5 Å². The summed E-state index contributed by atoms with van der Waals surface area (Å²) in [5.74, 6) is 3.41. The minimum absolute atomic E-state index is 0.739. The van der Waals surface area contributed by atoms with Crippen molar-refractivity contribution in [3.63, 3.8) is 0 Å². The van der Waals surface area contributed by atoms with E-state index in [1.807, 2.05) is 48.5 Å². The number of morpholine rings is 1. The molecule has 0 bridgehead atoms. The number of thioether (sulfide) groups is 1. The monoisotopic (exact) mass is 396 g/mol. The first-order valence-corrected chi connectivity index (χ1v) is 10.5. The van der Waals surface area contributed by atoms with E-state index in [9.17, 15) is 0 Å². The second kappa shape index (κ2) is 9.12. The van der Waals surface area contributed by atoms with E-state index in [1.54, 1.807) is 11.8 Å². The number of hydrogen-bond donors (Lipinski definition) is 0. The zero-order valence-electron chi connectivity index (χ0n) is 16.0. The first kappa shape index (κ1) is 18.8. The number of aromatic nitrogens is 3. The largest absolute Gasteiger partial charge is 0.457 e. The third-order valence-corrected chi connectivity index (χ3v) is 5.62. The Morgan fingerprint density at radius 1 is 1.00 bits per heavy atom. The summed E-state index contributed by atoms with van der Waals surface area (Å²) in [5.41, 5.74) is 1.13. The van der Waals surface area contributed by atoms with Crippen LogP contribution in [-0.2, 0) is 17.0 Å². The lowest BCUT2D eigenvalue weighted by Crippen LogP contribution is -2.38. The van der Waals surface area contributed by atoms with Crippen molar-refractivity contribution in [2.75, 3.05) is 31.2 Å². The average Bonchev–Trinajstić information content (AvgIpc) is 3.17. The molecule has 0 N–H and O–H groups in total. The highest BCUT2D eigenvalue weighted by atomic mass is 32.2.